The summed E-state index contributed by atoms with van der Waals surface area (Å²) >= 11 is 3.48. The number of carbonyl (C=O) groups excluding carboxylic acids is 1. The molecule has 0 aromatic heterocycles. The minimum atomic E-state index is 0.0978. The van der Waals surface area contributed by atoms with E-state index >= 15 is 0 Å². The summed E-state index contributed by atoms with van der Waals surface area (Å²) in [4.78, 5) is 12.8. The van der Waals surface area contributed by atoms with Crippen molar-refractivity contribution in [1.82, 2.24) is 5.32 Å². The number of carbonyl (C=O) groups is 1. The lowest BCUT2D eigenvalue weighted by Crippen LogP contribution is -2.59. The second kappa shape index (κ2) is 4.84. The summed E-state index contributed by atoms with van der Waals surface area (Å²) in [5.41, 5.74) is 1.97. The Labute approximate surface area is 134 Å². The Morgan fingerprint density at radius 2 is 1.71 bits per heavy atom. The fourth-order valence-electron chi connectivity index (χ4n) is 5.41. The summed E-state index contributed by atoms with van der Waals surface area (Å²) in [7, 11) is 0. The van der Waals surface area contributed by atoms with E-state index in [9.17, 15) is 4.79 Å². The van der Waals surface area contributed by atoms with E-state index in [0.29, 0.717) is 0 Å². The predicted octanol–water partition coefficient (Wildman–Crippen LogP) is 4.46. The first-order valence-electron chi connectivity index (χ1n) is 8.12. The number of hydrogen-bond acceptors (Lipinski definition) is 1. The van der Waals surface area contributed by atoms with Crippen LogP contribution in [0.3, 0.4) is 0 Å². The summed E-state index contributed by atoms with van der Waals surface area (Å²) in [6, 6.07) is 5.96. The summed E-state index contributed by atoms with van der Waals surface area (Å²) in [5.74, 6) is 2.70. The van der Waals surface area contributed by atoms with E-state index < -0.39 is 0 Å². The van der Waals surface area contributed by atoms with E-state index in [1.165, 1.54) is 38.5 Å². The molecule has 0 atom stereocenters. The molecule has 3 heteroatoms. The van der Waals surface area contributed by atoms with Crippen LogP contribution in [-0.4, -0.2) is 11.4 Å². The molecule has 0 radical (unpaired) electrons. The van der Waals surface area contributed by atoms with Gasteiger partial charge in [-0.3, -0.25) is 4.79 Å². The molecule has 4 saturated carbocycles. The van der Waals surface area contributed by atoms with Gasteiger partial charge in [-0.2, -0.15) is 0 Å². The van der Waals surface area contributed by atoms with Crippen molar-refractivity contribution >= 4 is 21.8 Å². The molecule has 1 aromatic carbocycles. The van der Waals surface area contributed by atoms with Crippen LogP contribution in [-0.2, 0) is 0 Å². The summed E-state index contributed by atoms with van der Waals surface area (Å²) in [6.45, 7) is 2.01. The van der Waals surface area contributed by atoms with E-state index in [1.54, 1.807) is 0 Å². The number of nitrogens with one attached hydrogen (secondary N) is 1. The third-order valence-electron chi connectivity index (χ3n) is 5.86. The molecule has 1 aromatic rings. The maximum Gasteiger partial charge on any atom is 0.252 e. The highest BCUT2D eigenvalue weighted by Crippen LogP contribution is 2.55. The van der Waals surface area contributed by atoms with Gasteiger partial charge >= 0.3 is 0 Å². The monoisotopic (exact) mass is 347 g/mol. The molecule has 0 saturated heterocycles. The molecule has 4 aliphatic rings. The van der Waals surface area contributed by atoms with Gasteiger partial charge in [0.05, 0.1) is 0 Å². The van der Waals surface area contributed by atoms with Crippen LogP contribution >= 0.6 is 15.9 Å². The van der Waals surface area contributed by atoms with E-state index in [2.05, 4.69) is 21.2 Å². The van der Waals surface area contributed by atoms with Gasteiger partial charge in [0.1, 0.15) is 0 Å². The highest BCUT2D eigenvalue weighted by atomic mass is 79.9. The topological polar surface area (TPSA) is 29.1 Å². The van der Waals surface area contributed by atoms with Gasteiger partial charge in [-0.25, -0.2) is 0 Å². The SMILES string of the molecule is Cc1ccc(Br)cc1C(=O)NC12CC3CC(CC(C3)C1)C2. The van der Waals surface area contributed by atoms with Crippen molar-refractivity contribution in [2.75, 3.05) is 0 Å². The van der Waals surface area contributed by atoms with Crippen LogP contribution in [0.2, 0.25) is 0 Å². The normalized spacial score (nSPS) is 36.8. The maximum absolute atomic E-state index is 12.8. The van der Waals surface area contributed by atoms with Crippen molar-refractivity contribution in [3.8, 4) is 0 Å². The van der Waals surface area contributed by atoms with Gasteiger partial charge < -0.3 is 5.32 Å². The van der Waals surface area contributed by atoms with E-state index in [-0.39, 0.29) is 11.4 Å². The second-order valence-corrected chi connectivity index (χ2v) is 8.53. The molecule has 21 heavy (non-hydrogen) atoms. The summed E-state index contributed by atoms with van der Waals surface area (Å²) < 4.78 is 0.976. The van der Waals surface area contributed by atoms with Crippen molar-refractivity contribution < 1.29 is 4.79 Å². The Hall–Kier alpha value is -0.830. The van der Waals surface area contributed by atoms with Crippen molar-refractivity contribution in [3.05, 3.63) is 33.8 Å². The first-order chi connectivity index (χ1) is 10.0. The van der Waals surface area contributed by atoms with Gasteiger partial charge in [-0.1, -0.05) is 22.0 Å². The van der Waals surface area contributed by atoms with Gasteiger partial charge in [0.2, 0.25) is 0 Å². The number of amides is 1. The summed E-state index contributed by atoms with van der Waals surface area (Å²) in [6.07, 6.45) is 7.84. The van der Waals surface area contributed by atoms with E-state index in [1.807, 2.05) is 25.1 Å². The number of benzene rings is 1. The molecule has 0 unspecified atom stereocenters. The first-order valence-corrected chi connectivity index (χ1v) is 8.91. The quantitative estimate of drug-likeness (QED) is 0.840. The minimum Gasteiger partial charge on any atom is -0.347 e. The lowest BCUT2D eigenvalue weighted by atomic mass is 9.53. The molecule has 1 N–H and O–H groups in total. The minimum absolute atomic E-state index is 0.0978. The molecule has 2 nitrogen and oxygen atoms in total. The van der Waals surface area contributed by atoms with Crippen LogP contribution in [0, 0.1) is 24.7 Å². The van der Waals surface area contributed by atoms with Crippen LogP contribution in [0.4, 0.5) is 0 Å². The molecule has 4 bridgehead atoms. The number of aryl methyl sites for hydroxylation is 1. The van der Waals surface area contributed by atoms with Gasteiger partial charge in [0, 0.05) is 15.6 Å². The number of halogens is 1. The van der Waals surface area contributed by atoms with Crippen LogP contribution in [0.25, 0.3) is 0 Å². The van der Waals surface area contributed by atoms with Crippen LogP contribution in [0.15, 0.2) is 22.7 Å². The zero-order valence-corrected chi connectivity index (χ0v) is 14.1. The third kappa shape index (κ3) is 2.44. The molecule has 0 aliphatic heterocycles. The average Bonchev–Trinajstić information content (AvgIpc) is 2.39. The van der Waals surface area contributed by atoms with Gasteiger partial charge in [0.15, 0.2) is 0 Å². The van der Waals surface area contributed by atoms with Crippen LogP contribution in [0.1, 0.15) is 54.4 Å². The second-order valence-electron chi connectivity index (χ2n) is 7.61. The largest absolute Gasteiger partial charge is 0.347 e. The smallest absolute Gasteiger partial charge is 0.252 e. The van der Waals surface area contributed by atoms with Gasteiger partial charge in [0.25, 0.3) is 5.91 Å². The van der Waals surface area contributed by atoms with Gasteiger partial charge in [-0.15, -0.1) is 0 Å². The average molecular weight is 348 g/mol. The molecule has 0 heterocycles. The van der Waals surface area contributed by atoms with E-state index in [4.69, 9.17) is 0 Å². The molecule has 0 spiro atoms. The fraction of sp³-hybridized carbons (Fsp3) is 0.611. The highest BCUT2D eigenvalue weighted by Gasteiger charge is 2.51. The zero-order chi connectivity index (χ0) is 14.6. The number of rotatable bonds is 2. The molecule has 4 aliphatic carbocycles. The lowest BCUT2D eigenvalue weighted by molar-refractivity contribution is -0.0167. The fourth-order valence-corrected chi connectivity index (χ4v) is 5.77. The Kier molecular flexibility index (Phi) is 3.18. The van der Waals surface area contributed by atoms with E-state index in [0.717, 1.165) is 33.4 Å². The maximum atomic E-state index is 12.8. The third-order valence-corrected chi connectivity index (χ3v) is 6.35. The molecule has 4 fully saturated rings. The van der Waals surface area contributed by atoms with Crippen molar-refractivity contribution in [2.24, 2.45) is 17.8 Å². The lowest BCUT2D eigenvalue weighted by Gasteiger charge is -2.56. The van der Waals surface area contributed by atoms with Crippen molar-refractivity contribution in [3.63, 3.8) is 0 Å². The van der Waals surface area contributed by atoms with Crippen LogP contribution < -0.4 is 5.32 Å². The molecular weight excluding hydrogens is 326 g/mol. The van der Waals surface area contributed by atoms with Crippen molar-refractivity contribution in [2.45, 2.75) is 51.0 Å². The molecule has 112 valence electrons. The zero-order valence-electron chi connectivity index (χ0n) is 12.5. The summed E-state index contributed by atoms with van der Waals surface area (Å²) in [5, 5.41) is 3.45. The van der Waals surface area contributed by atoms with Crippen molar-refractivity contribution in [1.29, 1.82) is 0 Å². The number of hydrogen-bond donors (Lipinski definition) is 1. The Bertz CT molecular complexity index is 560. The Morgan fingerprint density at radius 1 is 1.14 bits per heavy atom. The Morgan fingerprint density at radius 3 is 2.29 bits per heavy atom. The van der Waals surface area contributed by atoms with Gasteiger partial charge in [-0.05, 0) is 80.9 Å². The highest BCUT2D eigenvalue weighted by molar-refractivity contribution is 9.10. The van der Waals surface area contributed by atoms with Crippen LogP contribution in [0.5, 0.6) is 0 Å². The standard InChI is InChI=1S/C18H22BrNO/c1-11-2-3-15(19)7-16(11)17(21)20-18-8-12-4-13(9-18)6-14(5-12)10-18/h2-3,7,12-14H,4-6,8-10H2,1H3,(H,20,21). The predicted molar refractivity (Wildman–Crippen MR) is 87.2 cm³/mol. The molecular formula is C18H22BrNO. The first kappa shape index (κ1) is 13.8. The Balaban J connectivity index is 1.58. The molecule has 5 rings (SSSR count). The molecule has 1 amide bonds.